The first-order valence-electron chi connectivity index (χ1n) is 14.0. The summed E-state index contributed by atoms with van der Waals surface area (Å²) in [5, 5.41) is 7.61. The lowest BCUT2D eigenvalue weighted by Crippen LogP contribution is -2.23. The summed E-state index contributed by atoms with van der Waals surface area (Å²) < 4.78 is 24.4. The van der Waals surface area contributed by atoms with Crippen LogP contribution in [-0.2, 0) is 0 Å². The number of fused-ring (bicyclic) bond motifs is 2. The summed E-state index contributed by atoms with van der Waals surface area (Å²) in [6.07, 6.45) is 3.22. The molecule has 0 unspecified atom stereocenters. The Morgan fingerprint density at radius 3 is 2.57 bits per heavy atom. The predicted molar refractivity (Wildman–Crippen MR) is 163 cm³/mol. The zero-order valence-electron chi connectivity index (χ0n) is 23.4. The highest BCUT2D eigenvalue weighted by molar-refractivity contribution is 7.15. The van der Waals surface area contributed by atoms with Gasteiger partial charge in [-0.05, 0) is 74.9 Å². The molecule has 0 spiro atoms. The van der Waals surface area contributed by atoms with Gasteiger partial charge in [0.25, 0.3) is 5.56 Å². The van der Waals surface area contributed by atoms with Crippen LogP contribution >= 0.6 is 11.3 Å². The van der Waals surface area contributed by atoms with Crippen LogP contribution in [0.1, 0.15) is 44.0 Å². The fourth-order valence-electron chi connectivity index (χ4n) is 5.74. The number of nitrogen functional groups attached to an aromatic ring is 1. The molecular weight excluding hydrogens is 551 g/mol. The molecule has 0 radical (unpaired) electrons. The first-order valence-corrected chi connectivity index (χ1v) is 14.8. The van der Waals surface area contributed by atoms with E-state index in [4.69, 9.17) is 15.6 Å². The van der Waals surface area contributed by atoms with Gasteiger partial charge in [0.2, 0.25) is 0 Å². The van der Waals surface area contributed by atoms with Crippen molar-refractivity contribution >= 4 is 33.0 Å². The number of benzene rings is 2. The summed E-state index contributed by atoms with van der Waals surface area (Å²) in [4.78, 5) is 23.9. The van der Waals surface area contributed by atoms with Gasteiger partial charge in [0.15, 0.2) is 17.2 Å². The summed E-state index contributed by atoms with van der Waals surface area (Å²) in [6.45, 7) is 5.65. The maximum Gasteiger partial charge on any atom is 0.264 e. The number of thiazole rings is 1. The van der Waals surface area contributed by atoms with E-state index in [1.165, 1.54) is 12.4 Å². The van der Waals surface area contributed by atoms with Crippen molar-refractivity contribution in [2.45, 2.75) is 45.8 Å². The predicted octanol–water partition coefficient (Wildman–Crippen LogP) is 6.65. The molecule has 0 saturated heterocycles. The molecule has 42 heavy (non-hydrogen) atoms. The molecule has 6 aromatic rings. The van der Waals surface area contributed by atoms with E-state index in [9.17, 15) is 4.79 Å². The summed E-state index contributed by atoms with van der Waals surface area (Å²) >= 11 is 1.54. The number of nitrogens with two attached hydrogens (primary N) is 1. The Kier molecular flexibility index (Phi) is 6.31. The van der Waals surface area contributed by atoms with Crippen LogP contribution in [0.3, 0.4) is 0 Å². The first kappa shape index (κ1) is 26.3. The van der Waals surface area contributed by atoms with Crippen molar-refractivity contribution in [3.05, 3.63) is 93.7 Å². The van der Waals surface area contributed by atoms with Crippen molar-refractivity contribution in [2.75, 3.05) is 5.73 Å². The number of rotatable bonds is 7. The lowest BCUT2D eigenvalue weighted by Gasteiger charge is -2.22. The van der Waals surface area contributed by atoms with E-state index in [1.807, 2.05) is 61.2 Å². The second-order valence-corrected chi connectivity index (χ2v) is 11.9. The minimum Gasteiger partial charge on any atom is -0.488 e. The molecule has 4 heterocycles. The molecule has 1 atom stereocenters. The first-order chi connectivity index (χ1) is 20.3. The second kappa shape index (κ2) is 10.1. The Bertz CT molecular complexity index is 2030. The highest BCUT2D eigenvalue weighted by atomic mass is 32.1. The third-order valence-electron chi connectivity index (χ3n) is 7.71. The molecule has 0 aliphatic heterocycles. The Morgan fingerprint density at radius 1 is 1.07 bits per heavy atom. The number of pyridine rings is 1. The SMILES string of the molecule is Cc1csc2cc([C@H](C3CC3)n3nc(-c4ccc(OC(C)C)c(F)c4)c4c(N)ncnc43)c(-c3ccccc3)c(=O)n12. The van der Waals surface area contributed by atoms with Gasteiger partial charge >= 0.3 is 0 Å². The van der Waals surface area contributed by atoms with Crippen molar-refractivity contribution in [2.24, 2.45) is 5.92 Å². The average Bonchev–Trinajstić information content (AvgIpc) is 3.62. The molecule has 4 aromatic heterocycles. The van der Waals surface area contributed by atoms with Gasteiger partial charge in [-0.3, -0.25) is 9.20 Å². The summed E-state index contributed by atoms with van der Waals surface area (Å²) in [7, 11) is 0. The number of anilines is 1. The van der Waals surface area contributed by atoms with Crippen LogP contribution in [0.5, 0.6) is 5.75 Å². The van der Waals surface area contributed by atoms with Gasteiger partial charge in [-0.1, -0.05) is 30.3 Å². The Hall–Kier alpha value is -4.57. The lowest BCUT2D eigenvalue weighted by atomic mass is 9.93. The molecule has 7 rings (SSSR count). The standard InChI is InChI=1S/C32H29FN6O2S/c1-17(2)41-24-12-11-21(13-23(24)33)28-27-30(34)35-16-36-31(27)39(37-28)29(20-9-10-20)22-14-25-38(18(3)15-42-25)32(40)26(22)19-7-5-4-6-8-19/h4-8,11-17,20,29H,9-10H2,1-3H3,(H2,34,35,36)/t29-/m0/s1. The summed E-state index contributed by atoms with van der Waals surface area (Å²) in [6, 6.07) is 16.4. The average molecular weight is 581 g/mol. The smallest absolute Gasteiger partial charge is 0.264 e. The van der Waals surface area contributed by atoms with E-state index >= 15 is 4.39 Å². The van der Waals surface area contributed by atoms with Crippen molar-refractivity contribution in [1.82, 2.24) is 24.1 Å². The molecule has 212 valence electrons. The van der Waals surface area contributed by atoms with Crippen LogP contribution in [-0.4, -0.2) is 30.3 Å². The third kappa shape index (κ3) is 4.34. The Balaban J connectivity index is 1.49. The molecular formula is C32H29FN6O2S. The quantitative estimate of drug-likeness (QED) is 0.227. The maximum absolute atomic E-state index is 15.1. The van der Waals surface area contributed by atoms with Gasteiger partial charge in [-0.15, -0.1) is 11.3 Å². The van der Waals surface area contributed by atoms with Gasteiger partial charge < -0.3 is 10.5 Å². The molecule has 2 N–H and O–H groups in total. The zero-order chi connectivity index (χ0) is 29.1. The Morgan fingerprint density at radius 2 is 1.86 bits per heavy atom. The topological polar surface area (TPSA) is 100 Å². The van der Waals surface area contributed by atoms with Crippen LogP contribution in [0.2, 0.25) is 0 Å². The maximum atomic E-state index is 15.1. The minimum atomic E-state index is -0.490. The largest absolute Gasteiger partial charge is 0.488 e. The molecule has 1 aliphatic carbocycles. The molecule has 1 fully saturated rings. The van der Waals surface area contributed by atoms with Gasteiger partial charge in [-0.2, -0.15) is 5.10 Å². The van der Waals surface area contributed by atoms with Crippen LogP contribution in [0.4, 0.5) is 10.2 Å². The fraction of sp³-hybridized carbons (Fsp3) is 0.250. The molecule has 1 aliphatic rings. The van der Waals surface area contributed by atoms with E-state index in [1.54, 1.807) is 27.9 Å². The number of aryl methyl sites for hydroxylation is 1. The Labute approximate surface area is 245 Å². The van der Waals surface area contributed by atoms with Gasteiger partial charge in [0.1, 0.15) is 22.7 Å². The van der Waals surface area contributed by atoms with E-state index in [2.05, 4.69) is 16.0 Å². The fourth-order valence-corrected chi connectivity index (χ4v) is 6.66. The monoisotopic (exact) mass is 580 g/mol. The number of aromatic nitrogens is 5. The number of hydrogen-bond donors (Lipinski definition) is 1. The van der Waals surface area contributed by atoms with Crippen LogP contribution < -0.4 is 16.0 Å². The molecule has 0 bridgehead atoms. The number of nitrogens with zero attached hydrogens (tertiary/aromatic N) is 5. The molecule has 8 nitrogen and oxygen atoms in total. The van der Waals surface area contributed by atoms with E-state index < -0.39 is 5.82 Å². The molecule has 1 saturated carbocycles. The van der Waals surface area contributed by atoms with Crippen molar-refractivity contribution in [3.63, 3.8) is 0 Å². The van der Waals surface area contributed by atoms with Crippen molar-refractivity contribution in [1.29, 1.82) is 0 Å². The molecule has 10 heteroatoms. The van der Waals surface area contributed by atoms with E-state index in [0.29, 0.717) is 27.9 Å². The number of halogens is 1. The lowest BCUT2D eigenvalue weighted by molar-refractivity contribution is 0.231. The van der Waals surface area contributed by atoms with Gasteiger partial charge in [-0.25, -0.2) is 19.0 Å². The van der Waals surface area contributed by atoms with Crippen LogP contribution in [0, 0.1) is 18.7 Å². The van der Waals surface area contributed by atoms with Crippen LogP contribution in [0.15, 0.2) is 71.1 Å². The van der Waals surface area contributed by atoms with Crippen molar-refractivity contribution in [3.8, 4) is 28.1 Å². The van der Waals surface area contributed by atoms with Gasteiger partial charge in [0, 0.05) is 16.6 Å². The zero-order valence-corrected chi connectivity index (χ0v) is 24.2. The minimum absolute atomic E-state index is 0.0632. The third-order valence-corrected chi connectivity index (χ3v) is 8.71. The highest BCUT2D eigenvalue weighted by Crippen LogP contribution is 2.47. The normalized spacial score (nSPS) is 14.2. The van der Waals surface area contributed by atoms with Gasteiger partial charge in [0.05, 0.1) is 23.1 Å². The summed E-state index contributed by atoms with van der Waals surface area (Å²) in [5.74, 6) is 0.175. The number of hydrogen-bond acceptors (Lipinski definition) is 7. The highest BCUT2D eigenvalue weighted by Gasteiger charge is 2.39. The molecule has 2 aromatic carbocycles. The van der Waals surface area contributed by atoms with E-state index in [-0.39, 0.29) is 35.2 Å². The molecule has 0 amide bonds. The number of ether oxygens (including phenoxy) is 1. The summed E-state index contributed by atoms with van der Waals surface area (Å²) in [5.41, 5.74) is 11.2. The second-order valence-electron chi connectivity index (χ2n) is 11.0. The van der Waals surface area contributed by atoms with Crippen LogP contribution in [0.25, 0.3) is 38.2 Å². The van der Waals surface area contributed by atoms with Crippen molar-refractivity contribution < 1.29 is 9.13 Å². The van der Waals surface area contributed by atoms with E-state index in [0.717, 1.165) is 34.5 Å².